The van der Waals surface area contributed by atoms with E-state index in [1.807, 2.05) is 60.7 Å². The van der Waals surface area contributed by atoms with Gasteiger partial charge in [-0.25, -0.2) is 0 Å². The molecule has 5 rings (SSSR count). The van der Waals surface area contributed by atoms with Gasteiger partial charge in [-0.1, -0.05) is 0 Å². The van der Waals surface area contributed by atoms with Gasteiger partial charge >= 0.3 is 0 Å². The largest absolute Gasteiger partial charge is 0.457 e. The maximum absolute atomic E-state index is 6.22. The van der Waals surface area contributed by atoms with Gasteiger partial charge in [0.25, 0.3) is 0 Å². The van der Waals surface area contributed by atoms with Crippen LogP contribution in [0.4, 0.5) is 11.4 Å². The number of hydrogen-bond donors (Lipinski definition) is 2. The lowest BCUT2D eigenvalue weighted by atomic mass is 9.90. The molecule has 0 aromatic heterocycles. The Kier molecular flexibility index (Phi) is 3.71. The Balaban J connectivity index is 1.51. The predicted molar refractivity (Wildman–Crippen MR) is 108 cm³/mol. The molecule has 4 N–H and O–H groups in total. The molecule has 2 unspecified atom stereocenters. The number of benzene rings is 3. The molecule has 27 heavy (non-hydrogen) atoms. The van der Waals surface area contributed by atoms with E-state index in [0.29, 0.717) is 11.8 Å². The molecule has 1 saturated carbocycles. The lowest BCUT2D eigenvalue weighted by Gasteiger charge is -2.22. The zero-order valence-corrected chi connectivity index (χ0v) is 15.0. The van der Waals surface area contributed by atoms with Crippen LogP contribution in [-0.4, -0.2) is 0 Å². The van der Waals surface area contributed by atoms with Crippen LogP contribution in [0.15, 0.2) is 60.7 Å². The topological polar surface area (TPSA) is 70.5 Å². The zero-order chi connectivity index (χ0) is 18.4. The highest BCUT2D eigenvalue weighted by atomic mass is 16.5. The fraction of sp³-hybridized carbons (Fsp3) is 0.217. The Labute approximate surface area is 158 Å². The lowest BCUT2D eigenvalue weighted by molar-refractivity contribution is 0.453. The Morgan fingerprint density at radius 1 is 0.593 bits per heavy atom. The van der Waals surface area contributed by atoms with Gasteiger partial charge in [0, 0.05) is 22.5 Å². The van der Waals surface area contributed by atoms with Gasteiger partial charge in [-0.3, -0.25) is 0 Å². The molecule has 2 aliphatic carbocycles. The van der Waals surface area contributed by atoms with Crippen molar-refractivity contribution in [2.24, 2.45) is 0 Å². The van der Waals surface area contributed by atoms with Crippen LogP contribution >= 0.6 is 0 Å². The van der Waals surface area contributed by atoms with E-state index in [9.17, 15) is 0 Å². The van der Waals surface area contributed by atoms with Crippen LogP contribution in [0.5, 0.6) is 23.0 Å². The van der Waals surface area contributed by atoms with Crippen LogP contribution in [0.1, 0.15) is 42.2 Å². The Morgan fingerprint density at radius 3 is 1.41 bits per heavy atom. The number of nitrogens with two attached hydrogens (primary N) is 2. The molecule has 1 fully saturated rings. The summed E-state index contributed by atoms with van der Waals surface area (Å²) in [5.41, 5.74) is 15.7. The van der Waals surface area contributed by atoms with Crippen LogP contribution in [-0.2, 0) is 0 Å². The van der Waals surface area contributed by atoms with Crippen molar-refractivity contribution in [3.63, 3.8) is 0 Å². The quantitative estimate of drug-likeness (QED) is 0.578. The Morgan fingerprint density at radius 2 is 1.00 bits per heavy atom. The molecule has 0 spiro atoms. The van der Waals surface area contributed by atoms with E-state index in [0.717, 1.165) is 34.4 Å². The van der Waals surface area contributed by atoms with Gasteiger partial charge in [0.2, 0.25) is 0 Å². The molecule has 0 aliphatic heterocycles. The normalized spacial score (nSPS) is 19.7. The van der Waals surface area contributed by atoms with Crippen LogP contribution < -0.4 is 20.9 Å². The number of ether oxygens (including phenoxy) is 2. The van der Waals surface area contributed by atoms with Crippen molar-refractivity contribution >= 4 is 11.4 Å². The summed E-state index contributed by atoms with van der Waals surface area (Å²) in [6.45, 7) is 0. The maximum atomic E-state index is 6.22. The first kappa shape index (κ1) is 16.1. The molecule has 0 saturated heterocycles. The molecular weight excluding hydrogens is 336 g/mol. The second kappa shape index (κ2) is 6.23. The first-order chi connectivity index (χ1) is 13.2. The number of hydrogen-bond acceptors (Lipinski definition) is 4. The van der Waals surface area contributed by atoms with Gasteiger partial charge in [-0.2, -0.15) is 0 Å². The highest BCUT2D eigenvalue weighted by Crippen LogP contribution is 2.59. The van der Waals surface area contributed by atoms with E-state index in [2.05, 4.69) is 0 Å². The van der Waals surface area contributed by atoms with Crippen molar-refractivity contribution in [2.75, 3.05) is 11.5 Å². The smallest absolute Gasteiger partial charge is 0.131 e. The molecule has 0 radical (unpaired) electrons. The summed E-state index contributed by atoms with van der Waals surface area (Å²) in [5.74, 6) is 4.61. The van der Waals surface area contributed by atoms with Crippen LogP contribution in [0.2, 0.25) is 0 Å². The highest BCUT2D eigenvalue weighted by Gasteiger charge is 2.41. The van der Waals surface area contributed by atoms with E-state index in [4.69, 9.17) is 20.9 Å². The molecule has 2 atom stereocenters. The average molecular weight is 358 g/mol. The molecule has 4 nitrogen and oxygen atoms in total. The van der Waals surface area contributed by atoms with Gasteiger partial charge in [0.1, 0.15) is 23.0 Å². The van der Waals surface area contributed by atoms with Crippen molar-refractivity contribution in [3.05, 3.63) is 71.8 Å². The van der Waals surface area contributed by atoms with Crippen molar-refractivity contribution in [1.82, 2.24) is 0 Å². The number of nitrogen functional groups attached to an aromatic ring is 2. The highest BCUT2D eigenvalue weighted by molar-refractivity contribution is 5.59. The fourth-order valence-corrected chi connectivity index (χ4v) is 4.45. The monoisotopic (exact) mass is 358 g/mol. The molecule has 0 heterocycles. The minimum Gasteiger partial charge on any atom is -0.457 e. The van der Waals surface area contributed by atoms with E-state index in [1.165, 1.54) is 30.4 Å². The summed E-state index contributed by atoms with van der Waals surface area (Å²) in [6, 6.07) is 19.1. The third-order valence-electron chi connectivity index (χ3n) is 5.67. The third kappa shape index (κ3) is 2.87. The third-order valence-corrected chi connectivity index (χ3v) is 5.67. The molecule has 136 valence electrons. The molecule has 0 amide bonds. The fourth-order valence-electron chi connectivity index (χ4n) is 4.45. The molecule has 2 bridgehead atoms. The minimum absolute atomic E-state index is 0.559. The standard InChI is InChI=1S/C23H22N2O2/c24-16-3-7-18(8-4-16)26-20-11-12-21(27-19-9-5-17(25)6-10-19)23-15-2-1-14(13-15)22(20)23/h3-12,14-15H,1-2,13,24-25H2. The molecule has 2 aliphatic rings. The number of rotatable bonds is 4. The van der Waals surface area contributed by atoms with Gasteiger partial charge in [0.15, 0.2) is 0 Å². The summed E-state index contributed by atoms with van der Waals surface area (Å²) in [7, 11) is 0. The second-order valence-electron chi connectivity index (χ2n) is 7.44. The van der Waals surface area contributed by atoms with E-state index in [1.54, 1.807) is 0 Å². The Hall–Kier alpha value is -3.14. The molecule has 4 heteroatoms. The number of anilines is 2. The number of fused-ring (bicyclic) bond motifs is 5. The first-order valence-electron chi connectivity index (χ1n) is 9.41. The van der Waals surface area contributed by atoms with Gasteiger partial charge in [0.05, 0.1) is 0 Å². The van der Waals surface area contributed by atoms with Gasteiger partial charge in [-0.05, 0) is 91.8 Å². The summed E-state index contributed by atoms with van der Waals surface area (Å²) < 4.78 is 12.4. The van der Waals surface area contributed by atoms with Crippen LogP contribution in [0.25, 0.3) is 0 Å². The summed E-state index contributed by atoms with van der Waals surface area (Å²) in [4.78, 5) is 0. The van der Waals surface area contributed by atoms with Crippen molar-refractivity contribution in [2.45, 2.75) is 31.1 Å². The predicted octanol–water partition coefficient (Wildman–Crippen LogP) is 5.80. The van der Waals surface area contributed by atoms with Gasteiger partial charge in [-0.15, -0.1) is 0 Å². The molecule has 3 aromatic carbocycles. The molecular formula is C23H22N2O2. The van der Waals surface area contributed by atoms with E-state index in [-0.39, 0.29) is 0 Å². The van der Waals surface area contributed by atoms with Crippen LogP contribution in [0.3, 0.4) is 0 Å². The van der Waals surface area contributed by atoms with E-state index < -0.39 is 0 Å². The lowest BCUT2D eigenvalue weighted by Crippen LogP contribution is -2.03. The minimum atomic E-state index is 0.559. The van der Waals surface area contributed by atoms with Gasteiger partial charge < -0.3 is 20.9 Å². The Bertz CT molecular complexity index is 900. The second-order valence-corrected chi connectivity index (χ2v) is 7.44. The first-order valence-corrected chi connectivity index (χ1v) is 9.41. The summed E-state index contributed by atoms with van der Waals surface area (Å²) >= 11 is 0. The van der Waals surface area contributed by atoms with Crippen LogP contribution in [0, 0.1) is 0 Å². The SMILES string of the molecule is Nc1ccc(Oc2ccc(Oc3ccc(N)cc3)c3c2C2CCC3C2)cc1. The van der Waals surface area contributed by atoms with Crippen molar-refractivity contribution in [3.8, 4) is 23.0 Å². The average Bonchev–Trinajstić information content (AvgIpc) is 3.30. The maximum Gasteiger partial charge on any atom is 0.131 e. The van der Waals surface area contributed by atoms with Crippen molar-refractivity contribution in [1.29, 1.82) is 0 Å². The zero-order valence-electron chi connectivity index (χ0n) is 15.0. The molecule has 3 aromatic rings. The summed E-state index contributed by atoms with van der Waals surface area (Å²) in [5, 5.41) is 0. The van der Waals surface area contributed by atoms with E-state index >= 15 is 0 Å². The van der Waals surface area contributed by atoms with Crippen molar-refractivity contribution < 1.29 is 9.47 Å². The summed E-state index contributed by atoms with van der Waals surface area (Å²) in [6.07, 6.45) is 3.64.